The fourth-order valence-corrected chi connectivity index (χ4v) is 1.94. The number of hydrogen-bond acceptors (Lipinski definition) is 2. The van der Waals surface area contributed by atoms with Crippen molar-refractivity contribution >= 4 is 21.8 Å². The maximum absolute atomic E-state index is 12.1. The molecular formula is C12H17BrN2O. The molecule has 3 nitrogen and oxygen atoms in total. The highest BCUT2D eigenvalue weighted by molar-refractivity contribution is 9.09. The van der Waals surface area contributed by atoms with Crippen LogP contribution in [0.25, 0.3) is 0 Å². The van der Waals surface area contributed by atoms with E-state index in [4.69, 9.17) is 0 Å². The molecule has 1 rings (SSSR count). The van der Waals surface area contributed by atoms with Gasteiger partial charge < -0.3 is 4.90 Å². The number of aromatic nitrogens is 1. The Kier molecular flexibility index (Phi) is 5.46. The van der Waals surface area contributed by atoms with Crippen LogP contribution in [0.1, 0.15) is 29.5 Å². The van der Waals surface area contributed by atoms with Gasteiger partial charge in [-0.2, -0.15) is 0 Å². The Hall–Kier alpha value is -0.900. The molecule has 0 bridgehead atoms. The van der Waals surface area contributed by atoms with E-state index in [0.29, 0.717) is 5.69 Å². The highest BCUT2D eigenvalue weighted by Gasteiger charge is 2.15. The number of hydrogen-bond donors (Lipinski definition) is 0. The van der Waals surface area contributed by atoms with Crippen LogP contribution in [0, 0.1) is 6.92 Å². The predicted molar refractivity (Wildman–Crippen MR) is 69.0 cm³/mol. The minimum absolute atomic E-state index is 0.0185. The summed E-state index contributed by atoms with van der Waals surface area (Å²) in [5.74, 6) is 0.0185. The molecule has 1 aromatic heterocycles. The highest BCUT2D eigenvalue weighted by atomic mass is 79.9. The summed E-state index contributed by atoms with van der Waals surface area (Å²) in [6.45, 7) is 5.46. The van der Waals surface area contributed by atoms with Gasteiger partial charge in [0.2, 0.25) is 0 Å². The largest absolute Gasteiger partial charge is 0.336 e. The van der Waals surface area contributed by atoms with Gasteiger partial charge in [-0.05, 0) is 25.5 Å². The minimum Gasteiger partial charge on any atom is -0.336 e. The first-order valence-corrected chi connectivity index (χ1v) is 6.60. The molecule has 0 saturated carbocycles. The van der Waals surface area contributed by atoms with Crippen LogP contribution in [0.15, 0.2) is 18.2 Å². The molecule has 0 saturated heterocycles. The van der Waals surface area contributed by atoms with Gasteiger partial charge in [-0.15, -0.1) is 0 Å². The summed E-state index contributed by atoms with van der Waals surface area (Å²) in [5.41, 5.74) is 1.41. The van der Waals surface area contributed by atoms with E-state index in [9.17, 15) is 4.79 Å². The predicted octanol–water partition coefficient (Wildman–Crippen LogP) is 2.64. The molecule has 0 aliphatic carbocycles. The average molecular weight is 285 g/mol. The van der Waals surface area contributed by atoms with Crippen molar-refractivity contribution in [3.63, 3.8) is 0 Å². The third-order valence-corrected chi connectivity index (χ3v) is 2.60. The van der Waals surface area contributed by atoms with E-state index in [1.165, 1.54) is 0 Å². The van der Waals surface area contributed by atoms with Crippen molar-refractivity contribution in [2.75, 3.05) is 18.4 Å². The molecule has 1 amide bonds. The number of nitrogens with zero attached hydrogens (tertiary/aromatic N) is 2. The molecule has 4 heteroatoms. The number of rotatable bonds is 5. The van der Waals surface area contributed by atoms with Crippen LogP contribution in [0.4, 0.5) is 0 Å². The van der Waals surface area contributed by atoms with Gasteiger partial charge in [-0.3, -0.25) is 4.79 Å². The SMILES string of the molecule is CCCN(CCBr)C(=O)c1cccc(C)n1. The van der Waals surface area contributed by atoms with Crippen molar-refractivity contribution in [2.45, 2.75) is 20.3 Å². The Balaban J connectivity index is 2.81. The lowest BCUT2D eigenvalue weighted by Gasteiger charge is -2.20. The zero-order valence-corrected chi connectivity index (χ0v) is 11.3. The van der Waals surface area contributed by atoms with Crippen molar-refractivity contribution in [1.82, 2.24) is 9.88 Å². The van der Waals surface area contributed by atoms with E-state index in [2.05, 4.69) is 27.8 Å². The standard InChI is InChI=1S/C12H17BrN2O/c1-3-8-15(9-7-13)12(16)11-6-4-5-10(2)14-11/h4-6H,3,7-9H2,1-2H3. The summed E-state index contributed by atoms with van der Waals surface area (Å²) in [4.78, 5) is 18.2. The van der Waals surface area contributed by atoms with Gasteiger partial charge in [0.25, 0.3) is 5.91 Å². The summed E-state index contributed by atoms with van der Waals surface area (Å²) >= 11 is 3.36. The molecule has 0 atom stereocenters. The molecule has 1 aromatic rings. The smallest absolute Gasteiger partial charge is 0.272 e. The minimum atomic E-state index is 0.0185. The Labute approximate surface area is 105 Å². The zero-order valence-electron chi connectivity index (χ0n) is 9.74. The van der Waals surface area contributed by atoms with Crippen molar-refractivity contribution in [1.29, 1.82) is 0 Å². The van der Waals surface area contributed by atoms with Gasteiger partial charge in [0, 0.05) is 24.1 Å². The first-order valence-electron chi connectivity index (χ1n) is 5.48. The number of aryl methyl sites for hydroxylation is 1. The second kappa shape index (κ2) is 6.63. The van der Waals surface area contributed by atoms with Crippen LogP contribution in [-0.2, 0) is 0 Å². The Bertz CT molecular complexity index is 349. The molecule has 0 spiro atoms. The van der Waals surface area contributed by atoms with Crippen LogP contribution >= 0.6 is 15.9 Å². The van der Waals surface area contributed by atoms with Crippen molar-refractivity contribution in [3.8, 4) is 0 Å². The second-order valence-electron chi connectivity index (χ2n) is 3.65. The molecule has 0 unspecified atom stereocenters. The molecule has 0 aromatic carbocycles. The van der Waals surface area contributed by atoms with E-state index in [-0.39, 0.29) is 5.91 Å². The fraction of sp³-hybridized carbons (Fsp3) is 0.500. The van der Waals surface area contributed by atoms with Crippen molar-refractivity contribution in [2.24, 2.45) is 0 Å². The summed E-state index contributed by atoms with van der Waals surface area (Å²) in [6.07, 6.45) is 0.963. The maximum Gasteiger partial charge on any atom is 0.272 e. The molecule has 0 fully saturated rings. The summed E-state index contributed by atoms with van der Waals surface area (Å²) in [5, 5.41) is 0.796. The lowest BCUT2D eigenvalue weighted by molar-refractivity contribution is 0.0760. The molecule has 0 aliphatic heterocycles. The molecule has 0 aliphatic rings. The Morgan fingerprint density at radius 1 is 1.44 bits per heavy atom. The highest BCUT2D eigenvalue weighted by Crippen LogP contribution is 2.05. The van der Waals surface area contributed by atoms with Gasteiger partial charge in [-0.25, -0.2) is 4.98 Å². The van der Waals surface area contributed by atoms with E-state index in [1.54, 1.807) is 6.07 Å². The zero-order chi connectivity index (χ0) is 12.0. The Morgan fingerprint density at radius 2 is 2.19 bits per heavy atom. The first kappa shape index (κ1) is 13.2. The molecule has 1 heterocycles. The van der Waals surface area contributed by atoms with Crippen LogP contribution in [0.3, 0.4) is 0 Å². The molecule has 0 radical (unpaired) electrons. The number of carbonyl (C=O) groups excluding carboxylic acids is 1. The molecule has 16 heavy (non-hydrogen) atoms. The average Bonchev–Trinajstić information content (AvgIpc) is 2.28. The lowest BCUT2D eigenvalue weighted by atomic mass is 10.2. The van der Waals surface area contributed by atoms with Crippen LogP contribution < -0.4 is 0 Å². The third-order valence-electron chi connectivity index (χ3n) is 2.24. The van der Waals surface area contributed by atoms with Crippen molar-refractivity contribution < 1.29 is 4.79 Å². The summed E-state index contributed by atoms with van der Waals surface area (Å²) in [7, 11) is 0. The fourth-order valence-electron chi connectivity index (χ4n) is 1.51. The van der Waals surface area contributed by atoms with E-state index >= 15 is 0 Å². The number of amides is 1. The van der Waals surface area contributed by atoms with Gasteiger partial charge in [0.15, 0.2) is 0 Å². The maximum atomic E-state index is 12.1. The molecule has 0 N–H and O–H groups in total. The van der Waals surface area contributed by atoms with Gasteiger partial charge in [-0.1, -0.05) is 28.9 Å². The van der Waals surface area contributed by atoms with Crippen LogP contribution in [0.2, 0.25) is 0 Å². The van der Waals surface area contributed by atoms with Gasteiger partial charge in [0.1, 0.15) is 5.69 Å². The number of halogens is 1. The lowest BCUT2D eigenvalue weighted by Crippen LogP contribution is -2.34. The number of alkyl halides is 1. The van der Waals surface area contributed by atoms with Crippen molar-refractivity contribution in [3.05, 3.63) is 29.6 Å². The van der Waals surface area contributed by atoms with E-state index < -0.39 is 0 Å². The number of carbonyl (C=O) groups is 1. The monoisotopic (exact) mass is 284 g/mol. The first-order chi connectivity index (χ1) is 7.69. The topological polar surface area (TPSA) is 33.2 Å². The second-order valence-corrected chi connectivity index (χ2v) is 4.44. The number of pyridine rings is 1. The van der Waals surface area contributed by atoms with Crippen LogP contribution in [-0.4, -0.2) is 34.2 Å². The third kappa shape index (κ3) is 3.59. The van der Waals surface area contributed by atoms with Gasteiger partial charge in [0.05, 0.1) is 0 Å². The van der Waals surface area contributed by atoms with Gasteiger partial charge >= 0.3 is 0 Å². The molecule has 88 valence electrons. The summed E-state index contributed by atoms with van der Waals surface area (Å²) in [6, 6.07) is 5.53. The van der Waals surface area contributed by atoms with Crippen LogP contribution in [0.5, 0.6) is 0 Å². The molecular weight excluding hydrogens is 268 g/mol. The summed E-state index contributed by atoms with van der Waals surface area (Å²) < 4.78 is 0. The quantitative estimate of drug-likeness (QED) is 0.779. The van der Waals surface area contributed by atoms with E-state index in [0.717, 1.165) is 30.5 Å². The Morgan fingerprint density at radius 3 is 2.75 bits per heavy atom. The van der Waals surface area contributed by atoms with E-state index in [1.807, 2.05) is 24.0 Å². The normalized spacial score (nSPS) is 10.2.